The van der Waals surface area contributed by atoms with Crippen LogP contribution in [0.1, 0.15) is 41.8 Å². The number of aromatic nitrogens is 2. The Balaban J connectivity index is 1.12. The minimum atomic E-state index is -0.209. The van der Waals surface area contributed by atoms with E-state index in [1.807, 2.05) is 41.3 Å². The molecule has 3 aromatic rings. The Hall–Kier alpha value is -2.55. The van der Waals surface area contributed by atoms with Crippen molar-refractivity contribution in [2.24, 2.45) is 5.92 Å². The molecular formula is C27H31ClFN5OS. The molecule has 5 rings (SSSR count). The van der Waals surface area contributed by atoms with E-state index >= 15 is 0 Å². The number of hydrogen-bond donors (Lipinski definition) is 1. The van der Waals surface area contributed by atoms with Crippen molar-refractivity contribution in [2.45, 2.75) is 45.1 Å². The molecule has 1 N–H and O–H groups in total. The highest BCUT2D eigenvalue weighted by atomic mass is 35.5. The summed E-state index contributed by atoms with van der Waals surface area (Å²) in [6.07, 6.45) is 6.00. The molecule has 0 saturated carbocycles. The fourth-order valence-corrected chi connectivity index (χ4v) is 5.86. The van der Waals surface area contributed by atoms with Crippen LogP contribution in [-0.4, -0.2) is 47.2 Å². The number of anilines is 2. The van der Waals surface area contributed by atoms with Crippen LogP contribution in [-0.2, 0) is 24.2 Å². The summed E-state index contributed by atoms with van der Waals surface area (Å²) >= 11 is 7.34. The second kappa shape index (κ2) is 11.7. The Labute approximate surface area is 220 Å². The van der Waals surface area contributed by atoms with Crippen LogP contribution in [0.15, 0.2) is 42.5 Å². The van der Waals surface area contributed by atoms with Gasteiger partial charge >= 0.3 is 0 Å². The van der Waals surface area contributed by atoms with Crippen LogP contribution in [0.25, 0.3) is 0 Å². The van der Waals surface area contributed by atoms with E-state index in [-0.39, 0.29) is 17.6 Å². The van der Waals surface area contributed by atoms with Crippen molar-refractivity contribution in [3.05, 3.63) is 69.4 Å². The van der Waals surface area contributed by atoms with Crippen LogP contribution in [0.3, 0.4) is 0 Å². The molecule has 36 heavy (non-hydrogen) atoms. The molecule has 0 bridgehead atoms. The predicted octanol–water partition coefficient (Wildman–Crippen LogP) is 5.57. The van der Waals surface area contributed by atoms with Crippen molar-refractivity contribution in [3.63, 3.8) is 0 Å². The number of aryl methyl sites for hydroxylation is 2. The first-order valence-corrected chi connectivity index (χ1v) is 13.9. The van der Waals surface area contributed by atoms with E-state index in [1.54, 1.807) is 6.07 Å². The number of halogens is 2. The van der Waals surface area contributed by atoms with Crippen molar-refractivity contribution in [1.82, 2.24) is 15.1 Å². The molecule has 1 amide bonds. The third-order valence-corrected chi connectivity index (χ3v) is 8.15. The van der Waals surface area contributed by atoms with Crippen LogP contribution in [0.4, 0.5) is 15.2 Å². The van der Waals surface area contributed by atoms with E-state index in [2.05, 4.69) is 20.4 Å². The summed E-state index contributed by atoms with van der Waals surface area (Å²) in [5, 5.41) is 13.4. The lowest BCUT2D eigenvalue weighted by Gasteiger charge is -2.27. The number of hydrogen-bond acceptors (Lipinski definition) is 6. The molecule has 1 unspecified atom stereocenters. The monoisotopic (exact) mass is 527 g/mol. The quantitative estimate of drug-likeness (QED) is 0.415. The normalized spacial score (nSPS) is 18.5. The lowest BCUT2D eigenvalue weighted by Crippen LogP contribution is -2.29. The van der Waals surface area contributed by atoms with Gasteiger partial charge in [-0.05, 0) is 74.2 Å². The first kappa shape index (κ1) is 25.1. The second-order valence-corrected chi connectivity index (χ2v) is 11.2. The molecule has 190 valence electrons. The third-order valence-electron chi connectivity index (χ3n) is 7.00. The van der Waals surface area contributed by atoms with Gasteiger partial charge in [-0.25, -0.2) is 4.39 Å². The summed E-state index contributed by atoms with van der Waals surface area (Å²) in [5.74, 6) is -0.501. The van der Waals surface area contributed by atoms with E-state index in [0.29, 0.717) is 30.3 Å². The van der Waals surface area contributed by atoms with Crippen molar-refractivity contribution in [2.75, 3.05) is 36.4 Å². The van der Waals surface area contributed by atoms with E-state index in [4.69, 9.17) is 11.6 Å². The number of amides is 1. The van der Waals surface area contributed by atoms with Gasteiger partial charge in [-0.3, -0.25) is 9.69 Å². The van der Waals surface area contributed by atoms with E-state index in [9.17, 15) is 9.18 Å². The molecule has 1 atom stereocenters. The minimum Gasteiger partial charge on any atom is -0.368 e. The fourth-order valence-electron chi connectivity index (χ4n) is 4.99. The molecule has 2 saturated heterocycles. The Kier molecular flexibility index (Phi) is 8.14. The molecule has 0 radical (unpaired) electrons. The molecule has 2 aliphatic heterocycles. The van der Waals surface area contributed by atoms with Crippen molar-refractivity contribution in [1.29, 1.82) is 0 Å². The number of carbonyl (C=O) groups is 1. The van der Waals surface area contributed by atoms with Crippen LogP contribution in [0, 0.1) is 11.7 Å². The predicted molar refractivity (Wildman–Crippen MR) is 143 cm³/mol. The minimum absolute atomic E-state index is 0.0833. The molecule has 3 heterocycles. The first-order valence-electron chi connectivity index (χ1n) is 12.7. The van der Waals surface area contributed by atoms with Gasteiger partial charge in [0.1, 0.15) is 10.8 Å². The van der Waals surface area contributed by atoms with Gasteiger partial charge in [0, 0.05) is 31.1 Å². The summed E-state index contributed by atoms with van der Waals surface area (Å²) in [4.78, 5) is 17.2. The standard InChI is InChI=1S/C27H31ClFN5OS/c28-22-8-4-19(5-9-22)7-11-25-31-32-27(36-25)30-26(35)21-12-15-34(18-21)24-10-6-20(16-23(24)29)17-33-13-2-1-3-14-33/h4-6,8-10,16,21H,1-3,7,11-15,17-18H2,(H,30,32,35). The zero-order chi connectivity index (χ0) is 24.9. The van der Waals surface area contributed by atoms with Crippen molar-refractivity contribution in [3.8, 4) is 0 Å². The maximum atomic E-state index is 15.0. The smallest absolute Gasteiger partial charge is 0.231 e. The average molecular weight is 528 g/mol. The Morgan fingerprint density at radius 1 is 1.03 bits per heavy atom. The van der Waals surface area contributed by atoms with Crippen LogP contribution in [0.2, 0.25) is 5.02 Å². The largest absolute Gasteiger partial charge is 0.368 e. The highest BCUT2D eigenvalue weighted by molar-refractivity contribution is 7.15. The molecule has 2 aliphatic rings. The van der Waals surface area contributed by atoms with Crippen molar-refractivity contribution >= 4 is 39.7 Å². The lowest BCUT2D eigenvalue weighted by atomic mass is 10.1. The van der Waals surface area contributed by atoms with Crippen LogP contribution < -0.4 is 10.2 Å². The summed E-state index contributed by atoms with van der Waals surface area (Å²) in [5.41, 5.74) is 2.76. The van der Waals surface area contributed by atoms with Gasteiger partial charge in [-0.15, -0.1) is 10.2 Å². The van der Waals surface area contributed by atoms with Gasteiger partial charge in [0.25, 0.3) is 0 Å². The molecule has 2 fully saturated rings. The van der Waals surface area contributed by atoms with Gasteiger partial charge in [0.05, 0.1) is 11.6 Å². The van der Waals surface area contributed by atoms with Gasteiger partial charge in [0.2, 0.25) is 11.0 Å². The fraction of sp³-hybridized carbons (Fsp3) is 0.444. The number of benzene rings is 2. The highest BCUT2D eigenvalue weighted by Gasteiger charge is 2.30. The van der Waals surface area contributed by atoms with Crippen LogP contribution >= 0.6 is 22.9 Å². The third kappa shape index (κ3) is 6.41. The molecule has 6 nitrogen and oxygen atoms in total. The molecule has 2 aromatic carbocycles. The molecule has 0 spiro atoms. The molecule has 0 aliphatic carbocycles. The maximum absolute atomic E-state index is 15.0. The summed E-state index contributed by atoms with van der Waals surface area (Å²) in [6.45, 7) is 4.13. The van der Waals surface area contributed by atoms with E-state index in [0.717, 1.165) is 48.1 Å². The zero-order valence-corrected chi connectivity index (χ0v) is 21.8. The Morgan fingerprint density at radius 3 is 2.58 bits per heavy atom. The molecular weight excluding hydrogens is 497 g/mol. The first-order chi connectivity index (χ1) is 17.5. The zero-order valence-electron chi connectivity index (χ0n) is 20.3. The van der Waals surface area contributed by atoms with E-state index in [1.165, 1.54) is 36.2 Å². The topological polar surface area (TPSA) is 61.4 Å². The lowest BCUT2D eigenvalue weighted by molar-refractivity contribution is -0.119. The summed E-state index contributed by atoms with van der Waals surface area (Å²) in [6, 6.07) is 13.3. The number of nitrogens with one attached hydrogen (secondary N) is 1. The molecule has 1 aromatic heterocycles. The second-order valence-electron chi connectivity index (χ2n) is 9.67. The van der Waals surface area contributed by atoms with Gasteiger partial charge < -0.3 is 10.2 Å². The number of piperidine rings is 1. The Morgan fingerprint density at radius 2 is 1.81 bits per heavy atom. The van der Waals surface area contributed by atoms with Crippen LogP contribution in [0.5, 0.6) is 0 Å². The van der Waals surface area contributed by atoms with Gasteiger partial charge in [0.15, 0.2) is 0 Å². The average Bonchev–Trinajstić information content (AvgIpc) is 3.54. The van der Waals surface area contributed by atoms with Gasteiger partial charge in [-0.2, -0.15) is 0 Å². The highest BCUT2D eigenvalue weighted by Crippen LogP contribution is 2.29. The SMILES string of the molecule is O=C(Nc1nnc(CCc2ccc(Cl)cc2)s1)C1CCN(c2ccc(CN3CCCCC3)cc2F)C1. The summed E-state index contributed by atoms with van der Waals surface area (Å²) < 4.78 is 15.0. The van der Waals surface area contributed by atoms with Gasteiger partial charge in [-0.1, -0.05) is 47.6 Å². The number of likely N-dealkylation sites (tertiary alicyclic amines) is 1. The molecule has 9 heteroatoms. The number of carbonyl (C=O) groups excluding carboxylic acids is 1. The number of rotatable bonds is 8. The van der Waals surface area contributed by atoms with E-state index < -0.39 is 0 Å². The number of nitrogens with zero attached hydrogens (tertiary/aromatic N) is 4. The summed E-state index contributed by atoms with van der Waals surface area (Å²) in [7, 11) is 0. The maximum Gasteiger partial charge on any atom is 0.231 e. The van der Waals surface area contributed by atoms with Crippen molar-refractivity contribution < 1.29 is 9.18 Å². The Bertz CT molecular complexity index is 1180.